The molecule has 0 spiro atoms. The van der Waals surface area contributed by atoms with Crippen molar-refractivity contribution >= 4 is 23.5 Å². The molecule has 2 aliphatic heterocycles. The Morgan fingerprint density at radius 1 is 1.03 bits per heavy atom. The van der Waals surface area contributed by atoms with Crippen LogP contribution in [0.5, 0.6) is 5.75 Å². The summed E-state index contributed by atoms with van der Waals surface area (Å²) >= 11 is 0. The SMILES string of the molecule is CC1(C)Cc2cccc(C=NNc3cc(N4CCOCC4)n4nc(-c5ccccc5)cc4n3)c2O1. The first-order chi connectivity index (χ1) is 17.1. The summed E-state index contributed by atoms with van der Waals surface area (Å²) in [6.07, 6.45) is 2.69. The summed E-state index contributed by atoms with van der Waals surface area (Å²) in [5.74, 6) is 2.52. The predicted octanol–water partition coefficient (Wildman–Crippen LogP) is 4.39. The number of hydrazone groups is 1. The number of fused-ring (bicyclic) bond motifs is 2. The average Bonchev–Trinajstić information content (AvgIpc) is 3.44. The third-order valence-electron chi connectivity index (χ3n) is 6.32. The Morgan fingerprint density at radius 2 is 1.86 bits per heavy atom. The van der Waals surface area contributed by atoms with Crippen molar-refractivity contribution in [2.75, 3.05) is 36.6 Å². The molecule has 35 heavy (non-hydrogen) atoms. The first-order valence-corrected chi connectivity index (χ1v) is 11.9. The van der Waals surface area contributed by atoms with Crippen LogP contribution in [0.1, 0.15) is 25.0 Å². The summed E-state index contributed by atoms with van der Waals surface area (Å²) in [5, 5.41) is 9.37. The maximum atomic E-state index is 6.16. The zero-order valence-electron chi connectivity index (χ0n) is 19.9. The molecule has 2 aromatic heterocycles. The number of morpholine rings is 1. The van der Waals surface area contributed by atoms with Gasteiger partial charge in [-0.3, -0.25) is 5.43 Å². The Labute approximate surface area is 204 Å². The molecule has 0 saturated carbocycles. The maximum absolute atomic E-state index is 6.16. The summed E-state index contributed by atoms with van der Waals surface area (Å²) in [4.78, 5) is 7.06. The van der Waals surface area contributed by atoms with Gasteiger partial charge in [-0.25, -0.2) is 4.98 Å². The zero-order valence-corrected chi connectivity index (χ0v) is 19.9. The Morgan fingerprint density at radius 3 is 2.69 bits per heavy atom. The number of nitrogens with one attached hydrogen (secondary N) is 1. The molecule has 0 amide bonds. The van der Waals surface area contributed by atoms with Crippen LogP contribution in [0.3, 0.4) is 0 Å². The van der Waals surface area contributed by atoms with Gasteiger partial charge in [-0.2, -0.15) is 14.7 Å². The molecule has 0 radical (unpaired) electrons. The van der Waals surface area contributed by atoms with Crippen LogP contribution in [0.25, 0.3) is 16.9 Å². The van der Waals surface area contributed by atoms with Gasteiger partial charge in [-0.05, 0) is 25.5 Å². The van der Waals surface area contributed by atoms with Crippen molar-refractivity contribution in [1.82, 2.24) is 14.6 Å². The van der Waals surface area contributed by atoms with Crippen LogP contribution in [0, 0.1) is 0 Å². The van der Waals surface area contributed by atoms with Crippen LogP contribution in [-0.2, 0) is 11.2 Å². The molecular formula is C27H28N6O2. The fourth-order valence-electron chi connectivity index (χ4n) is 4.69. The lowest BCUT2D eigenvalue weighted by molar-refractivity contribution is 0.122. The molecule has 8 nitrogen and oxygen atoms in total. The second-order valence-electron chi connectivity index (χ2n) is 9.51. The Bertz CT molecular complexity index is 1390. The molecule has 1 N–H and O–H groups in total. The Hall–Kier alpha value is -3.91. The van der Waals surface area contributed by atoms with Gasteiger partial charge in [-0.15, -0.1) is 0 Å². The lowest BCUT2D eigenvalue weighted by atomic mass is 10.0. The quantitative estimate of drug-likeness (QED) is 0.346. The molecule has 0 bridgehead atoms. The van der Waals surface area contributed by atoms with Crippen molar-refractivity contribution in [3.63, 3.8) is 0 Å². The van der Waals surface area contributed by atoms with E-state index in [1.165, 1.54) is 5.56 Å². The number of rotatable bonds is 5. The van der Waals surface area contributed by atoms with E-state index in [2.05, 4.69) is 47.5 Å². The molecule has 2 aromatic carbocycles. The molecule has 6 rings (SSSR count). The lowest BCUT2D eigenvalue weighted by Crippen LogP contribution is -2.37. The van der Waals surface area contributed by atoms with Gasteiger partial charge in [0.25, 0.3) is 0 Å². The van der Waals surface area contributed by atoms with Crippen molar-refractivity contribution in [3.05, 3.63) is 71.8 Å². The zero-order chi connectivity index (χ0) is 23.8. The van der Waals surface area contributed by atoms with Gasteiger partial charge in [0.15, 0.2) is 11.5 Å². The smallest absolute Gasteiger partial charge is 0.160 e. The van der Waals surface area contributed by atoms with Gasteiger partial charge in [0, 0.05) is 42.8 Å². The van der Waals surface area contributed by atoms with E-state index in [4.69, 9.17) is 19.6 Å². The van der Waals surface area contributed by atoms with Crippen LogP contribution in [0.4, 0.5) is 11.6 Å². The summed E-state index contributed by atoms with van der Waals surface area (Å²) in [5.41, 5.74) is 7.79. The van der Waals surface area contributed by atoms with E-state index in [1.54, 1.807) is 6.21 Å². The van der Waals surface area contributed by atoms with Crippen LogP contribution >= 0.6 is 0 Å². The van der Waals surface area contributed by atoms with Crippen molar-refractivity contribution in [1.29, 1.82) is 0 Å². The summed E-state index contributed by atoms with van der Waals surface area (Å²) < 4.78 is 13.6. The molecule has 0 unspecified atom stereocenters. The van der Waals surface area contributed by atoms with Crippen LogP contribution in [-0.4, -0.2) is 52.7 Å². The third kappa shape index (κ3) is 4.33. The maximum Gasteiger partial charge on any atom is 0.160 e. The van der Waals surface area contributed by atoms with E-state index in [0.29, 0.717) is 19.0 Å². The fourth-order valence-corrected chi connectivity index (χ4v) is 4.69. The molecule has 2 aliphatic rings. The molecule has 1 fully saturated rings. The van der Waals surface area contributed by atoms with E-state index in [0.717, 1.165) is 53.5 Å². The largest absolute Gasteiger partial charge is 0.487 e. The van der Waals surface area contributed by atoms with E-state index in [1.807, 2.05) is 47.0 Å². The summed E-state index contributed by atoms with van der Waals surface area (Å²) in [6, 6.07) is 20.3. The molecule has 4 heterocycles. The molecule has 1 saturated heterocycles. The van der Waals surface area contributed by atoms with Gasteiger partial charge >= 0.3 is 0 Å². The first-order valence-electron chi connectivity index (χ1n) is 11.9. The van der Waals surface area contributed by atoms with E-state index in [9.17, 15) is 0 Å². The van der Waals surface area contributed by atoms with Gasteiger partial charge in [0.2, 0.25) is 0 Å². The monoisotopic (exact) mass is 468 g/mol. The fraction of sp³-hybridized carbons (Fsp3) is 0.296. The average molecular weight is 469 g/mol. The second-order valence-corrected chi connectivity index (χ2v) is 9.51. The van der Waals surface area contributed by atoms with Crippen LogP contribution < -0.4 is 15.1 Å². The Kier molecular flexibility index (Phi) is 5.37. The molecule has 0 atom stereocenters. The highest BCUT2D eigenvalue weighted by Crippen LogP contribution is 2.36. The number of hydrogen-bond donors (Lipinski definition) is 1. The number of ether oxygens (including phenoxy) is 2. The number of para-hydroxylation sites is 1. The van der Waals surface area contributed by atoms with E-state index in [-0.39, 0.29) is 5.60 Å². The standard InChI is InChI=1S/C27H28N6O2/c1-27(2)17-20-9-6-10-21(26(20)35-27)18-28-30-23-16-25(32-11-13-34-14-12-32)33-24(29-23)15-22(31-33)19-7-4-3-5-8-19/h3-10,15-16,18H,11-14,17H2,1-2H3,(H,29,30). The van der Waals surface area contributed by atoms with Gasteiger partial charge < -0.3 is 14.4 Å². The van der Waals surface area contributed by atoms with Crippen molar-refractivity contribution in [2.24, 2.45) is 5.10 Å². The molecular weight excluding hydrogens is 440 g/mol. The highest BCUT2D eigenvalue weighted by molar-refractivity contribution is 5.85. The number of anilines is 2. The van der Waals surface area contributed by atoms with Crippen molar-refractivity contribution in [3.8, 4) is 17.0 Å². The minimum absolute atomic E-state index is 0.197. The van der Waals surface area contributed by atoms with E-state index >= 15 is 0 Å². The normalized spacial score (nSPS) is 17.0. The molecule has 0 aliphatic carbocycles. The number of nitrogens with zero attached hydrogens (tertiary/aromatic N) is 5. The number of aromatic nitrogens is 3. The molecule has 4 aromatic rings. The van der Waals surface area contributed by atoms with Crippen LogP contribution in [0.15, 0.2) is 65.8 Å². The minimum Gasteiger partial charge on any atom is -0.487 e. The van der Waals surface area contributed by atoms with Crippen molar-refractivity contribution < 1.29 is 9.47 Å². The highest BCUT2D eigenvalue weighted by atomic mass is 16.5. The predicted molar refractivity (Wildman–Crippen MR) is 138 cm³/mol. The Balaban J connectivity index is 1.33. The highest BCUT2D eigenvalue weighted by Gasteiger charge is 2.31. The minimum atomic E-state index is -0.197. The second kappa shape index (κ2) is 8.70. The van der Waals surface area contributed by atoms with Gasteiger partial charge in [0.05, 0.1) is 25.1 Å². The first kappa shape index (κ1) is 21.6. The summed E-state index contributed by atoms with van der Waals surface area (Å²) in [6.45, 7) is 7.18. The summed E-state index contributed by atoms with van der Waals surface area (Å²) in [7, 11) is 0. The third-order valence-corrected chi connectivity index (χ3v) is 6.32. The van der Waals surface area contributed by atoms with Gasteiger partial charge in [0.1, 0.15) is 17.2 Å². The number of hydrogen-bond acceptors (Lipinski definition) is 7. The van der Waals surface area contributed by atoms with Crippen molar-refractivity contribution in [2.45, 2.75) is 25.9 Å². The lowest BCUT2D eigenvalue weighted by Gasteiger charge is -2.29. The topological polar surface area (TPSA) is 76.3 Å². The molecule has 8 heteroatoms. The number of benzene rings is 2. The van der Waals surface area contributed by atoms with Gasteiger partial charge in [-0.1, -0.05) is 42.5 Å². The molecule has 178 valence electrons. The van der Waals surface area contributed by atoms with E-state index < -0.39 is 0 Å². The van der Waals surface area contributed by atoms with Crippen LogP contribution in [0.2, 0.25) is 0 Å².